The number of hydrogen-bond donors (Lipinski definition) is 1. The molecule has 1 saturated carbocycles. The summed E-state index contributed by atoms with van der Waals surface area (Å²) in [5, 5.41) is 15.8. The highest BCUT2D eigenvalue weighted by molar-refractivity contribution is 6.30. The number of tetrazole rings is 1. The number of benzene rings is 1. The van der Waals surface area contributed by atoms with E-state index in [2.05, 4.69) is 25.7 Å². The molecule has 10 heteroatoms. The van der Waals surface area contributed by atoms with Crippen LogP contribution in [0.15, 0.2) is 24.3 Å². The van der Waals surface area contributed by atoms with Crippen LogP contribution in [0.1, 0.15) is 37.9 Å². The van der Waals surface area contributed by atoms with Crippen LogP contribution in [-0.4, -0.2) is 64.1 Å². The summed E-state index contributed by atoms with van der Waals surface area (Å²) in [4.78, 5) is 14.5. The lowest BCUT2D eigenvalue weighted by atomic mass is 9.93. The zero-order valence-corrected chi connectivity index (χ0v) is 17.7. The second-order valence-corrected chi connectivity index (χ2v) is 8.13. The summed E-state index contributed by atoms with van der Waals surface area (Å²) in [6, 6.07) is 6.94. The van der Waals surface area contributed by atoms with Crippen molar-refractivity contribution in [3.8, 4) is 0 Å². The zero-order valence-electron chi connectivity index (χ0n) is 16.9. The third-order valence-corrected chi connectivity index (χ3v) is 6.05. The van der Waals surface area contributed by atoms with Crippen LogP contribution >= 0.6 is 11.6 Å². The monoisotopic (exact) mass is 434 g/mol. The molecule has 0 spiro atoms. The summed E-state index contributed by atoms with van der Waals surface area (Å²) in [5.74, 6) is 0.922. The fraction of sp³-hybridized carbons (Fsp3) is 0.600. The van der Waals surface area contributed by atoms with Gasteiger partial charge in [-0.15, -0.1) is 5.10 Å². The molecule has 2 aliphatic rings. The Hall–Kier alpha value is -2.23. The highest BCUT2D eigenvalue weighted by Crippen LogP contribution is 2.43. The summed E-state index contributed by atoms with van der Waals surface area (Å²) >= 11 is 5.92. The molecule has 4 rings (SSSR count). The maximum Gasteiger partial charge on any atom is 0.411 e. The summed E-state index contributed by atoms with van der Waals surface area (Å²) in [6.45, 7) is 4.17. The maximum atomic E-state index is 12.0. The van der Waals surface area contributed by atoms with Crippen molar-refractivity contribution in [2.45, 2.75) is 44.2 Å². The molecule has 9 nitrogen and oxygen atoms in total. The van der Waals surface area contributed by atoms with Gasteiger partial charge in [0.15, 0.2) is 5.82 Å². The second-order valence-electron chi connectivity index (χ2n) is 7.69. The molecule has 1 aliphatic heterocycles. The van der Waals surface area contributed by atoms with Crippen molar-refractivity contribution >= 4 is 23.4 Å². The standard InChI is InChI=1S/C20H27ClN6O3/c21-16-5-3-6-17(15-16)22-19(28)30-12-4-9-27-18(23-24-25-27)20(7-1-2-8-20)26-10-13-29-14-11-26/h3,5-6,15H,1-2,4,7-14H2,(H,22,28). The molecular formula is C20H27ClN6O3. The summed E-state index contributed by atoms with van der Waals surface area (Å²) in [6.07, 6.45) is 4.60. The molecule has 0 radical (unpaired) electrons. The van der Waals surface area contributed by atoms with Gasteiger partial charge in [-0.25, -0.2) is 9.48 Å². The van der Waals surface area contributed by atoms with E-state index in [0.717, 1.165) is 45.0 Å². The van der Waals surface area contributed by atoms with E-state index in [9.17, 15) is 4.79 Å². The van der Waals surface area contributed by atoms with Crippen molar-refractivity contribution in [3.63, 3.8) is 0 Å². The molecule has 2 aromatic rings. The van der Waals surface area contributed by atoms with E-state index < -0.39 is 6.09 Å². The van der Waals surface area contributed by atoms with Gasteiger partial charge in [0.1, 0.15) is 0 Å². The SMILES string of the molecule is O=C(Nc1cccc(Cl)c1)OCCCn1nnnc1C1(N2CCOCC2)CCCC1. The fourth-order valence-corrected chi connectivity index (χ4v) is 4.61. The minimum absolute atomic E-state index is 0.113. The molecule has 1 aromatic carbocycles. The van der Waals surface area contributed by atoms with E-state index in [1.54, 1.807) is 24.3 Å². The third-order valence-electron chi connectivity index (χ3n) is 5.81. The average molecular weight is 435 g/mol. The molecular weight excluding hydrogens is 408 g/mol. The van der Waals surface area contributed by atoms with Crippen molar-refractivity contribution < 1.29 is 14.3 Å². The Bertz CT molecular complexity index is 849. The third kappa shape index (κ3) is 4.74. The molecule has 0 atom stereocenters. The lowest BCUT2D eigenvalue weighted by Gasteiger charge is -2.42. The number of ether oxygens (including phenoxy) is 2. The zero-order chi connectivity index (χ0) is 20.8. The van der Waals surface area contributed by atoms with Crippen LogP contribution in [0.4, 0.5) is 10.5 Å². The first-order chi connectivity index (χ1) is 14.7. The average Bonchev–Trinajstić information content (AvgIpc) is 3.42. The molecule has 1 aromatic heterocycles. The van der Waals surface area contributed by atoms with Gasteiger partial charge in [-0.05, 0) is 41.5 Å². The maximum absolute atomic E-state index is 12.0. The van der Waals surface area contributed by atoms with Gasteiger partial charge in [0, 0.05) is 36.8 Å². The Morgan fingerprint density at radius 1 is 1.27 bits per heavy atom. The Labute approximate surface area is 180 Å². The van der Waals surface area contributed by atoms with E-state index in [-0.39, 0.29) is 12.1 Å². The molecule has 0 bridgehead atoms. The highest BCUT2D eigenvalue weighted by atomic mass is 35.5. The first kappa shape index (κ1) is 21.0. The molecule has 30 heavy (non-hydrogen) atoms. The number of halogens is 1. The van der Waals surface area contributed by atoms with Gasteiger partial charge in [0.25, 0.3) is 0 Å². The number of morpholine rings is 1. The van der Waals surface area contributed by atoms with Gasteiger partial charge < -0.3 is 9.47 Å². The molecule has 0 unspecified atom stereocenters. The fourth-order valence-electron chi connectivity index (χ4n) is 4.42. The van der Waals surface area contributed by atoms with Crippen molar-refractivity contribution in [1.82, 2.24) is 25.1 Å². The number of aromatic nitrogens is 4. The van der Waals surface area contributed by atoms with Crippen LogP contribution in [0, 0.1) is 0 Å². The molecule has 2 heterocycles. The lowest BCUT2D eigenvalue weighted by Crippen LogP contribution is -2.51. The van der Waals surface area contributed by atoms with E-state index in [1.165, 1.54) is 12.8 Å². The molecule has 2 fully saturated rings. The van der Waals surface area contributed by atoms with Gasteiger partial charge in [0.2, 0.25) is 0 Å². The van der Waals surface area contributed by atoms with E-state index >= 15 is 0 Å². The number of amides is 1. The highest BCUT2D eigenvalue weighted by Gasteiger charge is 2.45. The largest absolute Gasteiger partial charge is 0.449 e. The number of carbonyl (C=O) groups is 1. The van der Waals surface area contributed by atoms with Crippen LogP contribution in [0.3, 0.4) is 0 Å². The Morgan fingerprint density at radius 3 is 2.83 bits per heavy atom. The predicted molar refractivity (Wildman–Crippen MR) is 111 cm³/mol. The summed E-state index contributed by atoms with van der Waals surface area (Å²) in [7, 11) is 0. The molecule has 1 amide bonds. The van der Waals surface area contributed by atoms with Crippen molar-refractivity contribution in [2.24, 2.45) is 0 Å². The predicted octanol–water partition coefficient (Wildman–Crippen LogP) is 3.07. The normalized spacial score (nSPS) is 19.0. The number of aryl methyl sites for hydroxylation is 1. The van der Waals surface area contributed by atoms with Crippen LogP contribution in [0.5, 0.6) is 0 Å². The van der Waals surface area contributed by atoms with Crippen molar-refractivity contribution in [2.75, 3.05) is 38.2 Å². The van der Waals surface area contributed by atoms with Crippen LogP contribution in [0.25, 0.3) is 0 Å². The summed E-state index contributed by atoms with van der Waals surface area (Å²) < 4.78 is 12.7. The number of anilines is 1. The van der Waals surface area contributed by atoms with Crippen LogP contribution < -0.4 is 5.32 Å². The lowest BCUT2D eigenvalue weighted by molar-refractivity contribution is -0.0283. The topological polar surface area (TPSA) is 94.4 Å². The van der Waals surface area contributed by atoms with E-state index in [4.69, 9.17) is 21.1 Å². The van der Waals surface area contributed by atoms with Crippen LogP contribution in [-0.2, 0) is 21.6 Å². The molecule has 1 saturated heterocycles. The van der Waals surface area contributed by atoms with Gasteiger partial charge in [-0.3, -0.25) is 10.2 Å². The van der Waals surface area contributed by atoms with E-state index in [1.807, 2.05) is 4.68 Å². The minimum atomic E-state index is -0.505. The number of nitrogens with zero attached hydrogens (tertiary/aromatic N) is 5. The minimum Gasteiger partial charge on any atom is -0.449 e. The molecule has 1 aliphatic carbocycles. The van der Waals surface area contributed by atoms with Crippen molar-refractivity contribution in [3.05, 3.63) is 35.1 Å². The second kappa shape index (κ2) is 9.72. The smallest absolute Gasteiger partial charge is 0.411 e. The number of rotatable bonds is 7. The van der Waals surface area contributed by atoms with E-state index in [0.29, 0.717) is 23.7 Å². The number of carbonyl (C=O) groups excluding carboxylic acids is 1. The van der Waals surface area contributed by atoms with Crippen molar-refractivity contribution in [1.29, 1.82) is 0 Å². The quantitative estimate of drug-likeness (QED) is 0.669. The van der Waals surface area contributed by atoms with Gasteiger partial charge in [-0.2, -0.15) is 0 Å². The van der Waals surface area contributed by atoms with Gasteiger partial charge in [-0.1, -0.05) is 30.5 Å². The number of nitrogens with one attached hydrogen (secondary N) is 1. The Kier molecular flexibility index (Phi) is 6.81. The Morgan fingerprint density at radius 2 is 2.07 bits per heavy atom. The van der Waals surface area contributed by atoms with Gasteiger partial charge in [0.05, 0.1) is 25.4 Å². The summed E-state index contributed by atoms with van der Waals surface area (Å²) in [5.41, 5.74) is 0.488. The van der Waals surface area contributed by atoms with Gasteiger partial charge >= 0.3 is 6.09 Å². The molecule has 162 valence electrons. The Balaban J connectivity index is 1.32. The first-order valence-electron chi connectivity index (χ1n) is 10.5. The molecule has 1 N–H and O–H groups in total. The first-order valence-corrected chi connectivity index (χ1v) is 10.8. The number of hydrogen-bond acceptors (Lipinski definition) is 7. The van der Waals surface area contributed by atoms with Crippen LogP contribution in [0.2, 0.25) is 5.02 Å².